The quantitative estimate of drug-likeness (QED) is 0.676. The van der Waals surface area contributed by atoms with Crippen LogP contribution in [0.3, 0.4) is 0 Å². The van der Waals surface area contributed by atoms with Crippen LogP contribution in [0, 0.1) is 0 Å². The molecule has 0 aromatic heterocycles. The maximum Gasteiger partial charge on any atom is 0.275 e. The summed E-state index contributed by atoms with van der Waals surface area (Å²) in [7, 11) is 3.23. The summed E-state index contributed by atoms with van der Waals surface area (Å²) >= 11 is 0. The standard InChI is InChI=1S/C17H26N2O4/c1-21-15-6-5-13(10-16(15)22-2)7-8-19-17(20)12-18-11-14-4-3-9-23-14/h5-6,10,14,18H,3-4,7-9,11-12H2,1-2H3,(H,19,20)/p+1/t14-/m0/s1. The molecule has 0 aliphatic carbocycles. The third-order valence-corrected chi connectivity index (χ3v) is 3.97. The summed E-state index contributed by atoms with van der Waals surface area (Å²) in [6.07, 6.45) is 3.32. The lowest BCUT2D eigenvalue weighted by atomic mass is 10.1. The molecule has 1 atom stereocenters. The zero-order valence-corrected chi connectivity index (χ0v) is 14.0. The Morgan fingerprint density at radius 3 is 2.87 bits per heavy atom. The van der Waals surface area contributed by atoms with Gasteiger partial charge in [-0.05, 0) is 37.0 Å². The summed E-state index contributed by atoms with van der Waals surface area (Å²) < 4.78 is 16.0. The Kier molecular flexibility index (Phi) is 7.16. The highest BCUT2D eigenvalue weighted by molar-refractivity contribution is 5.76. The van der Waals surface area contributed by atoms with E-state index in [0.717, 1.165) is 38.0 Å². The normalized spacial score (nSPS) is 17.0. The smallest absolute Gasteiger partial charge is 0.275 e. The predicted octanol–water partition coefficient (Wildman–Crippen LogP) is 0.105. The Bertz CT molecular complexity index is 501. The van der Waals surface area contributed by atoms with Crippen molar-refractivity contribution in [1.29, 1.82) is 0 Å². The van der Waals surface area contributed by atoms with Crippen molar-refractivity contribution in [2.75, 3.05) is 40.5 Å². The third-order valence-electron chi connectivity index (χ3n) is 3.97. The zero-order chi connectivity index (χ0) is 16.5. The van der Waals surface area contributed by atoms with Gasteiger partial charge in [-0.3, -0.25) is 4.79 Å². The Balaban J connectivity index is 1.64. The number of hydrogen-bond donors (Lipinski definition) is 2. The lowest BCUT2D eigenvalue weighted by molar-refractivity contribution is -0.650. The van der Waals surface area contributed by atoms with Crippen molar-refractivity contribution in [3.63, 3.8) is 0 Å². The maximum atomic E-state index is 11.8. The van der Waals surface area contributed by atoms with Gasteiger partial charge in [0.2, 0.25) is 0 Å². The van der Waals surface area contributed by atoms with Gasteiger partial charge < -0.3 is 24.8 Å². The first-order chi connectivity index (χ1) is 11.2. The van der Waals surface area contributed by atoms with E-state index in [0.29, 0.717) is 30.7 Å². The molecular weight excluding hydrogens is 296 g/mol. The Morgan fingerprint density at radius 1 is 1.35 bits per heavy atom. The van der Waals surface area contributed by atoms with Gasteiger partial charge in [-0.1, -0.05) is 6.07 Å². The van der Waals surface area contributed by atoms with Gasteiger partial charge in [0.1, 0.15) is 12.6 Å². The average Bonchev–Trinajstić information content (AvgIpc) is 3.08. The van der Waals surface area contributed by atoms with Crippen molar-refractivity contribution in [1.82, 2.24) is 5.32 Å². The Hall–Kier alpha value is -1.79. The van der Waals surface area contributed by atoms with Gasteiger partial charge in [-0.25, -0.2) is 0 Å². The van der Waals surface area contributed by atoms with E-state index in [1.165, 1.54) is 0 Å². The van der Waals surface area contributed by atoms with Gasteiger partial charge in [0.15, 0.2) is 18.0 Å². The summed E-state index contributed by atoms with van der Waals surface area (Å²) in [5.74, 6) is 1.48. The fourth-order valence-electron chi connectivity index (χ4n) is 2.69. The molecule has 0 radical (unpaired) electrons. The topological polar surface area (TPSA) is 73.4 Å². The molecule has 6 nitrogen and oxygen atoms in total. The summed E-state index contributed by atoms with van der Waals surface area (Å²) in [4.78, 5) is 11.8. The summed E-state index contributed by atoms with van der Waals surface area (Å²) in [6, 6.07) is 5.80. The SMILES string of the molecule is COc1ccc(CCNC(=O)C[NH2+]C[C@@H]2CCCO2)cc1OC. The van der Waals surface area contributed by atoms with E-state index in [2.05, 4.69) is 5.32 Å². The molecule has 1 aromatic carbocycles. The van der Waals surface area contributed by atoms with Gasteiger partial charge in [0.25, 0.3) is 5.91 Å². The molecule has 1 aliphatic heterocycles. The molecule has 1 amide bonds. The van der Waals surface area contributed by atoms with E-state index < -0.39 is 0 Å². The molecule has 23 heavy (non-hydrogen) atoms. The van der Waals surface area contributed by atoms with E-state index in [-0.39, 0.29) is 5.91 Å². The zero-order valence-electron chi connectivity index (χ0n) is 14.0. The molecule has 128 valence electrons. The van der Waals surface area contributed by atoms with Crippen LogP contribution in [0.2, 0.25) is 0 Å². The van der Waals surface area contributed by atoms with Crippen LogP contribution in [0.25, 0.3) is 0 Å². The Labute approximate surface area is 137 Å². The van der Waals surface area contributed by atoms with E-state index in [1.807, 2.05) is 23.5 Å². The minimum absolute atomic E-state index is 0.0588. The molecule has 1 heterocycles. The molecule has 0 unspecified atom stereocenters. The van der Waals surface area contributed by atoms with E-state index in [9.17, 15) is 4.79 Å². The average molecular weight is 323 g/mol. The number of carbonyl (C=O) groups excluding carboxylic acids is 1. The van der Waals surface area contributed by atoms with Crippen molar-refractivity contribution < 1.29 is 24.3 Å². The van der Waals surface area contributed by atoms with Gasteiger partial charge in [0, 0.05) is 13.2 Å². The van der Waals surface area contributed by atoms with Crippen LogP contribution in [0.15, 0.2) is 18.2 Å². The molecule has 6 heteroatoms. The second kappa shape index (κ2) is 9.37. The van der Waals surface area contributed by atoms with Crippen molar-refractivity contribution in [3.05, 3.63) is 23.8 Å². The molecule has 0 bridgehead atoms. The van der Waals surface area contributed by atoms with Crippen LogP contribution in [-0.4, -0.2) is 52.5 Å². The molecular formula is C17H27N2O4+. The number of carbonyl (C=O) groups is 1. The molecule has 1 fully saturated rings. The van der Waals surface area contributed by atoms with Crippen molar-refractivity contribution >= 4 is 5.91 Å². The summed E-state index contributed by atoms with van der Waals surface area (Å²) in [5.41, 5.74) is 1.10. The van der Waals surface area contributed by atoms with Gasteiger partial charge in [-0.15, -0.1) is 0 Å². The number of nitrogens with one attached hydrogen (secondary N) is 1. The lowest BCUT2D eigenvalue weighted by Crippen LogP contribution is -2.88. The van der Waals surface area contributed by atoms with Gasteiger partial charge in [0.05, 0.1) is 14.2 Å². The fraction of sp³-hybridized carbons (Fsp3) is 0.588. The third kappa shape index (κ3) is 5.73. The summed E-state index contributed by atoms with van der Waals surface area (Å²) in [5, 5.41) is 4.96. The molecule has 2 rings (SSSR count). The first-order valence-corrected chi connectivity index (χ1v) is 8.13. The van der Waals surface area contributed by atoms with Gasteiger partial charge in [-0.2, -0.15) is 0 Å². The molecule has 1 aliphatic rings. The fourth-order valence-corrected chi connectivity index (χ4v) is 2.69. The lowest BCUT2D eigenvalue weighted by Gasteiger charge is -2.10. The number of methoxy groups -OCH3 is 2. The van der Waals surface area contributed by atoms with Gasteiger partial charge >= 0.3 is 0 Å². The van der Waals surface area contributed by atoms with Crippen LogP contribution in [-0.2, 0) is 16.0 Å². The molecule has 0 saturated carbocycles. The molecule has 1 saturated heterocycles. The number of amides is 1. The van der Waals surface area contributed by atoms with Crippen LogP contribution in [0.4, 0.5) is 0 Å². The van der Waals surface area contributed by atoms with Crippen LogP contribution in [0.5, 0.6) is 11.5 Å². The molecule has 3 N–H and O–H groups in total. The second-order valence-electron chi connectivity index (χ2n) is 5.65. The number of benzene rings is 1. The van der Waals surface area contributed by atoms with E-state index in [4.69, 9.17) is 14.2 Å². The maximum absolute atomic E-state index is 11.8. The Morgan fingerprint density at radius 2 is 2.17 bits per heavy atom. The molecule has 0 spiro atoms. The van der Waals surface area contributed by atoms with Crippen molar-refractivity contribution in [2.24, 2.45) is 0 Å². The number of hydrogen-bond acceptors (Lipinski definition) is 4. The van der Waals surface area contributed by atoms with Crippen LogP contribution in [0.1, 0.15) is 18.4 Å². The number of nitrogens with two attached hydrogens (primary N) is 1. The predicted molar refractivity (Wildman–Crippen MR) is 86.9 cm³/mol. The van der Waals surface area contributed by atoms with Crippen LogP contribution < -0.4 is 20.1 Å². The van der Waals surface area contributed by atoms with Crippen LogP contribution >= 0.6 is 0 Å². The largest absolute Gasteiger partial charge is 0.493 e. The number of rotatable bonds is 9. The van der Waals surface area contributed by atoms with E-state index >= 15 is 0 Å². The highest BCUT2D eigenvalue weighted by atomic mass is 16.5. The highest BCUT2D eigenvalue weighted by Gasteiger charge is 2.17. The first-order valence-electron chi connectivity index (χ1n) is 8.13. The monoisotopic (exact) mass is 323 g/mol. The van der Waals surface area contributed by atoms with E-state index in [1.54, 1.807) is 14.2 Å². The number of ether oxygens (including phenoxy) is 3. The minimum Gasteiger partial charge on any atom is -0.493 e. The minimum atomic E-state index is 0.0588. The van der Waals surface area contributed by atoms with Crippen molar-refractivity contribution in [3.8, 4) is 11.5 Å². The summed E-state index contributed by atoms with van der Waals surface area (Å²) in [6.45, 7) is 2.78. The highest BCUT2D eigenvalue weighted by Crippen LogP contribution is 2.27. The molecule has 1 aromatic rings. The number of quaternary nitrogens is 1. The first kappa shape index (κ1) is 17.6. The van der Waals surface area contributed by atoms with Crippen molar-refractivity contribution in [2.45, 2.75) is 25.4 Å². The second-order valence-corrected chi connectivity index (χ2v) is 5.65.